The molecular weight excluding hydrogens is 400 g/mol. The van der Waals surface area contributed by atoms with E-state index in [0.29, 0.717) is 5.69 Å². The number of ether oxygens (including phenoxy) is 2. The first-order chi connectivity index (χ1) is 13.7. The van der Waals surface area contributed by atoms with Gasteiger partial charge in [-0.25, -0.2) is 13.2 Å². The van der Waals surface area contributed by atoms with Gasteiger partial charge in [-0.15, -0.1) is 0 Å². The number of esters is 2. The number of carbonyl (C=O) groups excluding carboxylic acids is 3. The Kier molecular flexibility index (Phi) is 6.94. The Morgan fingerprint density at radius 3 is 2.21 bits per heavy atom. The lowest BCUT2D eigenvalue weighted by Gasteiger charge is -2.24. The molecule has 0 bridgehead atoms. The first kappa shape index (κ1) is 21.9. The molecule has 2 rings (SSSR count). The molecule has 29 heavy (non-hydrogen) atoms. The molecule has 0 aliphatic carbocycles. The SMILES string of the molecule is COC(=O)CN(c1cccc(C(=O)OC)c1)S(=O)(=O)c1ccc(NC(C)=O)cc1. The number of nitrogens with one attached hydrogen (secondary N) is 1. The Balaban J connectivity index is 2.49. The Morgan fingerprint density at radius 2 is 1.66 bits per heavy atom. The molecule has 0 spiro atoms. The van der Waals surface area contributed by atoms with Crippen molar-refractivity contribution >= 4 is 39.2 Å². The van der Waals surface area contributed by atoms with Crippen molar-refractivity contribution in [2.24, 2.45) is 0 Å². The molecule has 0 unspecified atom stereocenters. The fraction of sp³-hybridized carbons (Fsp3) is 0.211. The van der Waals surface area contributed by atoms with Gasteiger partial charge in [0.05, 0.1) is 30.4 Å². The maximum absolute atomic E-state index is 13.2. The van der Waals surface area contributed by atoms with Gasteiger partial charge in [-0.1, -0.05) is 6.07 Å². The van der Waals surface area contributed by atoms with E-state index in [2.05, 4.69) is 14.8 Å². The molecular formula is C19H20N2O7S. The van der Waals surface area contributed by atoms with Crippen molar-refractivity contribution in [3.05, 3.63) is 54.1 Å². The fourth-order valence-electron chi connectivity index (χ4n) is 2.44. The van der Waals surface area contributed by atoms with Crippen LogP contribution in [0.3, 0.4) is 0 Å². The van der Waals surface area contributed by atoms with Gasteiger partial charge < -0.3 is 14.8 Å². The zero-order chi connectivity index (χ0) is 21.6. The van der Waals surface area contributed by atoms with E-state index in [-0.39, 0.29) is 22.1 Å². The van der Waals surface area contributed by atoms with Crippen LogP contribution in [0.25, 0.3) is 0 Å². The van der Waals surface area contributed by atoms with Crippen molar-refractivity contribution in [1.29, 1.82) is 0 Å². The Hall–Kier alpha value is -3.40. The van der Waals surface area contributed by atoms with Gasteiger partial charge in [-0.05, 0) is 42.5 Å². The van der Waals surface area contributed by atoms with E-state index < -0.39 is 28.5 Å². The molecule has 0 radical (unpaired) electrons. The second-order valence-corrected chi connectivity index (χ2v) is 7.70. The molecule has 0 saturated heterocycles. The minimum absolute atomic E-state index is 0.0873. The number of carbonyl (C=O) groups is 3. The Labute approximate surface area is 168 Å². The maximum Gasteiger partial charge on any atom is 0.337 e. The van der Waals surface area contributed by atoms with Gasteiger partial charge in [-0.2, -0.15) is 0 Å². The van der Waals surface area contributed by atoms with Crippen LogP contribution in [0.15, 0.2) is 53.4 Å². The van der Waals surface area contributed by atoms with Crippen LogP contribution >= 0.6 is 0 Å². The van der Waals surface area contributed by atoms with Crippen molar-refractivity contribution in [3.63, 3.8) is 0 Å². The number of hydrogen-bond acceptors (Lipinski definition) is 7. The topological polar surface area (TPSA) is 119 Å². The molecule has 0 aliphatic heterocycles. The first-order valence-electron chi connectivity index (χ1n) is 8.34. The van der Waals surface area contributed by atoms with Gasteiger partial charge in [0.15, 0.2) is 0 Å². The third kappa shape index (κ3) is 5.32. The van der Waals surface area contributed by atoms with E-state index >= 15 is 0 Å². The van der Waals surface area contributed by atoms with E-state index in [9.17, 15) is 22.8 Å². The predicted molar refractivity (Wildman–Crippen MR) is 105 cm³/mol. The lowest BCUT2D eigenvalue weighted by molar-refractivity contribution is -0.138. The summed E-state index contributed by atoms with van der Waals surface area (Å²) in [6, 6.07) is 11.1. The minimum Gasteiger partial charge on any atom is -0.468 e. The van der Waals surface area contributed by atoms with Crippen molar-refractivity contribution < 1.29 is 32.3 Å². The largest absolute Gasteiger partial charge is 0.468 e. The number of methoxy groups -OCH3 is 2. The van der Waals surface area contributed by atoms with Crippen LogP contribution < -0.4 is 9.62 Å². The molecule has 2 aromatic rings. The summed E-state index contributed by atoms with van der Waals surface area (Å²) in [7, 11) is -1.84. The van der Waals surface area contributed by atoms with Crippen molar-refractivity contribution in [3.8, 4) is 0 Å². The van der Waals surface area contributed by atoms with E-state index in [4.69, 9.17) is 0 Å². The average molecular weight is 420 g/mol. The summed E-state index contributed by atoms with van der Waals surface area (Å²) >= 11 is 0. The summed E-state index contributed by atoms with van der Waals surface area (Å²) in [5.41, 5.74) is 0.629. The van der Waals surface area contributed by atoms with Gasteiger partial charge in [0, 0.05) is 12.6 Å². The second kappa shape index (κ2) is 9.20. The molecule has 0 aromatic heterocycles. The number of rotatable bonds is 7. The zero-order valence-electron chi connectivity index (χ0n) is 16.0. The molecule has 0 aliphatic rings. The van der Waals surface area contributed by atoms with Crippen LogP contribution in [-0.4, -0.2) is 47.0 Å². The predicted octanol–water partition coefficient (Wildman–Crippen LogP) is 1.80. The highest BCUT2D eigenvalue weighted by Gasteiger charge is 2.28. The number of anilines is 2. The van der Waals surface area contributed by atoms with E-state index in [1.54, 1.807) is 0 Å². The summed E-state index contributed by atoms with van der Waals surface area (Å²) in [4.78, 5) is 34.7. The monoisotopic (exact) mass is 420 g/mol. The third-order valence-electron chi connectivity index (χ3n) is 3.82. The molecule has 10 heteroatoms. The fourth-order valence-corrected chi connectivity index (χ4v) is 3.84. The van der Waals surface area contributed by atoms with Gasteiger partial charge in [0.1, 0.15) is 6.54 Å². The van der Waals surface area contributed by atoms with Crippen LogP contribution in [0.5, 0.6) is 0 Å². The Bertz CT molecular complexity index is 1020. The molecule has 2 aromatic carbocycles. The minimum atomic E-state index is -4.19. The number of nitrogens with zero attached hydrogens (tertiary/aromatic N) is 1. The summed E-state index contributed by atoms with van der Waals surface area (Å²) < 4.78 is 36.5. The first-order valence-corrected chi connectivity index (χ1v) is 9.78. The van der Waals surface area contributed by atoms with Crippen LogP contribution in [0.2, 0.25) is 0 Å². The molecule has 0 atom stereocenters. The van der Waals surface area contributed by atoms with Crippen LogP contribution in [0, 0.1) is 0 Å². The Morgan fingerprint density at radius 1 is 1.00 bits per heavy atom. The molecule has 0 saturated carbocycles. The smallest absolute Gasteiger partial charge is 0.337 e. The lowest BCUT2D eigenvalue weighted by Crippen LogP contribution is -2.36. The maximum atomic E-state index is 13.2. The summed E-state index contributed by atoms with van der Waals surface area (Å²) in [6.45, 7) is 0.730. The van der Waals surface area contributed by atoms with Crippen molar-refractivity contribution in [2.75, 3.05) is 30.4 Å². The average Bonchev–Trinajstić information content (AvgIpc) is 2.71. The highest BCUT2D eigenvalue weighted by atomic mass is 32.2. The number of benzene rings is 2. The highest BCUT2D eigenvalue weighted by Crippen LogP contribution is 2.26. The zero-order valence-corrected chi connectivity index (χ0v) is 16.9. The molecule has 0 heterocycles. The van der Waals surface area contributed by atoms with Crippen LogP contribution in [0.4, 0.5) is 11.4 Å². The van der Waals surface area contributed by atoms with Crippen molar-refractivity contribution in [2.45, 2.75) is 11.8 Å². The van der Waals surface area contributed by atoms with E-state index in [1.165, 1.54) is 62.6 Å². The number of amides is 1. The summed E-state index contributed by atoms with van der Waals surface area (Å²) in [6.07, 6.45) is 0. The molecule has 1 N–H and O–H groups in total. The third-order valence-corrected chi connectivity index (χ3v) is 5.61. The van der Waals surface area contributed by atoms with Crippen LogP contribution in [0.1, 0.15) is 17.3 Å². The van der Waals surface area contributed by atoms with E-state index in [0.717, 1.165) is 11.4 Å². The quantitative estimate of drug-likeness (QED) is 0.678. The summed E-state index contributed by atoms with van der Waals surface area (Å²) in [5, 5.41) is 2.54. The lowest BCUT2D eigenvalue weighted by atomic mass is 10.2. The van der Waals surface area contributed by atoms with Gasteiger partial charge in [0.2, 0.25) is 5.91 Å². The number of sulfonamides is 1. The highest BCUT2D eigenvalue weighted by molar-refractivity contribution is 7.92. The molecule has 1 amide bonds. The van der Waals surface area contributed by atoms with Crippen LogP contribution in [-0.2, 0) is 29.1 Å². The van der Waals surface area contributed by atoms with Gasteiger partial charge >= 0.3 is 11.9 Å². The van der Waals surface area contributed by atoms with E-state index in [1.807, 2.05) is 0 Å². The second-order valence-electron chi connectivity index (χ2n) is 5.84. The summed E-state index contributed by atoms with van der Waals surface area (Å²) in [5.74, 6) is -1.73. The molecule has 9 nitrogen and oxygen atoms in total. The van der Waals surface area contributed by atoms with Gasteiger partial charge in [-0.3, -0.25) is 13.9 Å². The molecule has 154 valence electrons. The number of hydrogen-bond donors (Lipinski definition) is 1. The van der Waals surface area contributed by atoms with Gasteiger partial charge in [0.25, 0.3) is 10.0 Å². The van der Waals surface area contributed by atoms with Crippen molar-refractivity contribution in [1.82, 2.24) is 0 Å². The molecule has 0 fully saturated rings. The normalized spacial score (nSPS) is 10.7. The standard InChI is InChI=1S/C19H20N2O7S/c1-13(22)20-15-7-9-17(10-8-15)29(25,26)21(12-18(23)27-2)16-6-4-5-14(11-16)19(24)28-3/h4-11H,12H2,1-3H3,(H,20,22).